The molecule has 1 fully saturated rings. The van der Waals surface area contributed by atoms with Gasteiger partial charge in [-0.25, -0.2) is 0 Å². The Hall–Kier alpha value is -2.88. The summed E-state index contributed by atoms with van der Waals surface area (Å²) in [5.41, 5.74) is 0.640. The van der Waals surface area contributed by atoms with Crippen LogP contribution in [0.1, 0.15) is 18.4 Å². The molecule has 1 saturated carbocycles. The smallest absolute Gasteiger partial charge is 0.292 e. The largest absolute Gasteiger partial charge is 0.383 e. The molecule has 1 aromatic carbocycles. The lowest BCUT2D eigenvalue weighted by atomic mass is 10.1. The van der Waals surface area contributed by atoms with Crippen LogP contribution in [-0.4, -0.2) is 23.9 Å². The van der Waals surface area contributed by atoms with E-state index >= 15 is 0 Å². The summed E-state index contributed by atoms with van der Waals surface area (Å²) >= 11 is 0. The second-order valence-electron chi connectivity index (χ2n) is 4.70. The van der Waals surface area contributed by atoms with Crippen molar-refractivity contribution in [3.8, 4) is 6.07 Å². The van der Waals surface area contributed by atoms with Crippen LogP contribution in [0.4, 0.5) is 11.4 Å². The Bertz CT molecular complexity index is 657. The minimum atomic E-state index is -0.514. The Kier molecular flexibility index (Phi) is 4.18. The van der Waals surface area contributed by atoms with Crippen molar-refractivity contribution in [2.45, 2.75) is 18.9 Å². The van der Waals surface area contributed by atoms with Gasteiger partial charge in [-0.2, -0.15) is 5.26 Å². The number of carbonyl (C=O) groups excluding carboxylic acids is 1. The molecule has 1 aliphatic rings. The highest BCUT2D eigenvalue weighted by Crippen LogP contribution is 2.26. The van der Waals surface area contributed by atoms with Crippen LogP contribution in [0.5, 0.6) is 0 Å². The summed E-state index contributed by atoms with van der Waals surface area (Å²) in [6.07, 6.45) is 3.20. The van der Waals surface area contributed by atoms with Crippen LogP contribution in [0.15, 0.2) is 23.8 Å². The number of anilines is 1. The molecule has 7 nitrogen and oxygen atoms in total. The molecule has 0 spiro atoms. The number of rotatable bonds is 5. The number of nitrogens with one attached hydrogen (secondary N) is 2. The third-order valence-corrected chi connectivity index (χ3v) is 3.08. The summed E-state index contributed by atoms with van der Waals surface area (Å²) in [7, 11) is 1.58. The fourth-order valence-electron chi connectivity index (χ4n) is 1.81. The Labute approximate surface area is 121 Å². The van der Waals surface area contributed by atoms with E-state index in [1.807, 2.05) is 6.07 Å². The van der Waals surface area contributed by atoms with Gasteiger partial charge in [-0.3, -0.25) is 14.9 Å². The summed E-state index contributed by atoms with van der Waals surface area (Å²) in [6.45, 7) is 0. The van der Waals surface area contributed by atoms with E-state index in [-0.39, 0.29) is 17.3 Å². The van der Waals surface area contributed by atoms with Crippen molar-refractivity contribution >= 4 is 23.4 Å². The highest BCUT2D eigenvalue weighted by molar-refractivity contribution is 6.02. The van der Waals surface area contributed by atoms with Gasteiger partial charge in [-0.05, 0) is 30.5 Å². The van der Waals surface area contributed by atoms with Gasteiger partial charge in [0.1, 0.15) is 17.3 Å². The molecule has 0 heterocycles. The molecule has 0 saturated heterocycles. The van der Waals surface area contributed by atoms with Crippen LogP contribution in [0.3, 0.4) is 0 Å². The zero-order valence-corrected chi connectivity index (χ0v) is 11.4. The normalized spacial score (nSPS) is 14.2. The van der Waals surface area contributed by atoms with Crippen molar-refractivity contribution in [2.24, 2.45) is 0 Å². The number of hydrogen-bond donors (Lipinski definition) is 2. The summed E-state index contributed by atoms with van der Waals surface area (Å²) < 4.78 is 0. The first-order valence-corrected chi connectivity index (χ1v) is 6.44. The first-order chi connectivity index (χ1) is 10.0. The molecule has 2 N–H and O–H groups in total. The summed E-state index contributed by atoms with van der Waals surface area (Å²) in [5, 5.41) is 25.5. The number of nitro benzene ring substituents is 1. The van der Waals surface area contributed by atoms with E-state index in [4.69, 9.17) is 5.26 Å². The maximum atomic E-state index is 11.8. The average molecular weight is 286 g/mol. The lowest BCUT2D eigenvalue weighted by molar-refractivity contribution is -0.384. The van der Waals surface area contributed by atoms with Gasteiger partial charge in [0.25, 0.3) is 11.6 Å². The van der Waals surface area contributed by atoms with Gasteiger partial charge < -0.3 is 10.6 Å². The second-order valence-corrected chi connectivity index (χ2v) is 4.70. The van der Waals surface area contributed by atoms with Crippen molar-refractivity contribution in [3.05, 3.63) is 39.4 Å². The molecule has 0 aliphatic heterocycles. The van der Waals surface area contributed by atoms with Gasteiger partial charge in [-0.1, -0.05) is 6.07 Å². The summed E-state index contributed by atoms with van der Waals surface area (Å²) in [5.74, 6) is -0.444. The maximum absolute atomic E-state index is 11.8. The van der Waals surface area contributed by atoms with E-state index in [2.05, 4.69) is 10.6 Å². The van der Waals surface area contributed by atoms with E-state index in [1.165, 1.54) is 18.2 Å². The highest BCUT2D eigenvalue weighted by Gasteiger charge is 2.24. The van der Waals surface area contributed by atoms with Crippen LogP contribution in [0.25, 0.3) is 6.08 Å². The van der Waals surface area contributed by atoms with Gasteiger partial charge in [0.2, 0.25) is 0 Å². The summed E-state index contributed by atoms with van der Waals surface area (Å²) in [6, 6.07) is 6.45. The van der Waals surface area contributed by atoms with E-state index < -0.39 is 10.8 Å². The second kappa shape index (κ2) is 6.05. The average Bonchev–Trinajstić information content (AvgIpc) is 3.28. The molecule has 2 rings (SSSR count). The fraction of sp³-hybridized carbons (Fsp3) is 0.286. The van der Waals surface area contributed by atoms with Gasteiger partial charge in [-0.15, -0.1) is 0 Å². The standard InChI is InChI=1S/C14H14N4O3/c1-16-12-5-2-9(7-13(12)18(20)21)6-10(8-15)14(19)17-11-3-4-11/h2,5-7,11,16H,3-4H2,1H3,(H,17,19)/b10-6+. The van der Waals surface area contributed by atoms with Gasteiger partial charge in [0, 0.05) is 19.2 Å². The number of nitro groups is 1. The Morgan fingerprint density at radius 3 is 2.76 bits per heavy atom. The van der Waals surface area contributed by atoms with Crippen molar-refractivity contribution in [2.75, 3.05) is 12.4 Å². The summed E-state index contributed by atoms with van der Waals surface area (Å²) in [4.78, 5) is 22.3. The van der Waals surface area contributed by atoms with Crippen molar-refractivity contribution in [1.82, 2.24) is 5.32 Å². The molecular formula is C14H14N4O3. The van der Waals surface area contributed by atoms with E-state index in [0.29, 0.717) is 11.3 Å². The van der Waals surface area contributed by atoms with Crippen molar-refractivity contribution in [3.63, 3.8) is 0 Å². The van der Waals surface area contributed by atoms with Crippen LogP contribution >= 0.6 is 0 Å². The van der Waals surface area contributed by atoms with E-state index in [1.54, 1.807) is 13.1 Å². The van der Waals surface area contributed by atoms with Crippen LogP contribution in [0, 0.1) is 21.4 Å². The van der Waals surface area contributed by atoms with E-state index in [9.17, 15) is 14.9 Å². The Morgan fingerprint density at radius 2 is 2.24 bits per heavy atom. The minimum absolute atomic E-state index is 0.0617. The monoisotopic (exact) mass is 286 g/mol. The molecule has 0 radical (unpaired) electrons. The fourth-order valence-corrected chi connectivity index (χ4v) is 1.81. The molecular weight excluding hydrogens is 272 g/mol. The van der Waals surface area contributed by atoms with Crippen LogP contribution < -0.4 is 10.6 Å². The first-order valence-electron chi connectivity index (χ1n) is 6.44. The number of nitriles is 1. The molecule has 108 valence electrons. The predicted molar refractivity (Wildman–Crippen MR) is 77.4 cm³/mol. The predicted octanol–water partition coefficient (Wildman–Crippen LogP) is 1.82. The third-order valence-electron chi connectivity index (χ3n) is 3.08. The number of benzene rings is 1. The van der Waals surface area contributed by atoms with Gasteiger partial charge in [0.15, 0.2) is 0 Å². The molecule has 0 atom stereocenters. The quantitative estimate of drug-likeness (QED) is 0.371. The maximum Gasteiger partial charge on any atom is 0.292 e. The van der Waals surface area contributed by atoms with Crippen LogP contribution in [0.2, 0.25) is 0 Å². The van der Waals surface area contributed by atoms with Crippen LogP contribution in [-0.2, 0) is 4.79 Å². The number of hydrogen-bond acceptors (Lipinski definition) is 5. The number of amides is 1. The third kappa shape index (κ3) is 3.57. The SMILES string of the molecule is CNc1ccc(/C=C(\C#N)C(=O)NC2CC2)cc1[N+](=O)[O-]. The zero-order chi connectivity index (χ0) is 15.4. The first kappa shape index (κ1) is 14.5. The molecule has 0 aromatic heterocycles. The molecule has 1 aliphatic carbocycles. The molecule has 0 unspecified atom stereocenters. The molecule has 0 bridgehead atoms. The highest BCUT2D eigenvalue weighted by atomic mass is 16.6. The zero-order valence-electron chi connectivity index (χ0n) is 11.4. The van der Waals surface area contributed by atoms with Gasteiger partial charge in [0.05, 0.1) is 4.92 Å². The number of nitrogens with zero attached hydrogens (tertiary/aromatic N) is 2. The molecule has 7 heteroatoms. The molecule has 1 aromatic rings. The number of carbonyl (C=O) groups is 1. The van der Waals surface area contributed by atoms with Crippen molar-refractivity contribution < 1.29 is 9.72 Å². The van der Waals surface area contributed by atoms with Gasteiger partial charge >= 0.3 is 0 Å². The van der Waals surface area contributed by atoms with E-state index in [0.717, 1.165) is 12.8 Å². The molecule has 21 heavy (non-hydrogen) atoms. The minimum Gasteiger partial charge on any atom is -0.383 e. The topological polar surface area (TPSA) is 108 Å². The van der Waals surface area contributed by atoms with Crippen molar-refractivity contribution in [1.29, 1.82) is 5.26 Å². The lowest BCUT2D eigenvalue weighted by Gasteiger charge is -2.04. The molecule has 1 amide bonds. The lowest BCUT2D eigenvalue weighted by Crippen LogP contribution is -2.26. The Balaban J connectivity index is 2.29. The Morgan fingerprint density at radius 1 is 1.52 bits per heavy atom.